The molecule has 0 aromatic heterocycles. The molecule has 1 saturated heterocycles. The second-order valence-electron chi connectivity index (χ2n) is 4.19. The summed E-state index contributed by atoms with van der Waals surface area (Å²) >= 11 is 0. The van der Waals surface area contributed by atoms with Gasteiger partial charge in [-0.2, -0.15) is 0 Å². The van der Waals surface area contributed by atoms with Gasteiger partial charge in [-0.15, -0.1) is 0 Å². The van der Waals surface area contributed by atoms with Gasteiger partial charge in [0.1, 0.15) is 0 Å². The average Bonchev–Trinajstić information content (AvgIpc) is 2.37. The van der Waals surface area contributed by atoms with Crippen molar-refractivity contribution < 1.29 is 4.74 Å². The van der Waals surface area contributed by atoms with Crippen molar-refractivity contribution in [3.63, 3.8) is 0 Å². The van der Waals surface area contributed by atoms with E-state index in [1.807, 2.05) is 0 Å². The van der Waals surface area contributed by atoms with Crippen LogP contribution in [0.5, 0.6) is 0 Å². The quantitative estimate of drug-likeness (QED) is 0.694. The lowest BCUT2D eigenvalue weighted by atomic mass is 9.94. The molecule has 72 valence electrons. The first-order chi connectivity index (χ1) is 5.74. The van der Waals surface area contributed by atoms with E-state index in [0.717, 1.165) is 18.4 Å². The molecule has 0 radical (unpaired) electrons. The van der Waals surface area contributed by atoms with E-state index in [9.17, 15) is 0 Å². The summed E-state index contributed by atoms with van der Waals surface area (Å²) in [5.74, 6) is 1.54. The molecule has 0 spiro atoms. The Balaban J connectivity index is 2.30. The molecule has 2 heteroatoms. The molecule has 0 aromatic rings. The van der Waals surface area contributed by atoms with E-state index in [1.54, 1.807) is 7.11 Å². The zero-order valence-electron chi connectivity index (χ0n) is 8.47. The molecule has 0 aromatic carbocycles. The summed E-state index contributed by atoms with van der Waals surface area (Å²) in [5, 5.41) is 3.54. The Morgan fingerprint density at radius 2 is 2.25 bits per heavy atom. The maximum atomic E-state index is 5.20. The van der Waals surface area contributed by atoms with Crippen molar-refractivity contribution in [2.45, 2.75) is 32.7 Å². The Morgan fingerprint density at radius 3 is 2.83 bits per heavy atom. The Labute approximate surface area is 75.7 Å². The van der Waals surface area contributed by atoms with Gasteiger partial charge in [-0.1, -0.05) is 13.8 Å². The maximum absolute atomic E-state index is 5.20. The molecular formula is C10H21NO. The highest BCUT2D eigenvalue weighted by molar-refractivity contribution is 4.83. The van der Waals surface area contributed by atoms with E-state index in [0.29, 0.717) is 6.04 Å². The van der Waals surface area contributed by atoms with Crippen molar-refractivity contribution in [1.29, 1.82) is 0 Å². The van der Waals surface area contributed by atoms with Crippen molar-refractivity contribution in [3.05, 3.63) is 0 Å². The van der Waals surface area contributed by atoms with Crippen LogP contribution >= 0.6 is 0 Å². The molecule has 1 aliphatic heterocycles. The highest BCUT2D eigenvalue weighted by Gasteiger charge is 2.26. The molecule has 0 saturated carbocycles. The second kappa shape index (κ2) is 4.83. The Kier molecular flexibility index (Phi) is 4.02. The van der Waals surface area contributed by atoms with Crippen molar-refractivity contribution in [1.82, 2.24) is 5.32 Å². The van der Waals surface area contributed by atoms with E-state index >= 15 is 0 Å². The predicted octanol–water partition coefficient (Wildman–Crippen LogP) is 1.66. The molecule has 1 N–H and O–H groups in total. The summed E-state index contributed by atoms with van der Waals surface area (Å²) in [6.07, 6.45) is 2.57. The van der Waals surface area contributed by atoms with E-state index in [4.69, 9.17) is 4.74 Å². The number of hydrogen-bond acceptors (Lipinski definition) is 2. The zero-order chi connectivity index (χ0) is 8.97. The Morgan fingerprint density at radius 1 is 1.50 bits per heavy atom. The normalized spacial score (nSPS) is 30.0. The lowest BCUT2D eigenvalue weighted by Gasteiger charge is -2.20. The van der Waals surface area contributed by atoms with Crippen molar-refractivity contribution in [2.24, 2.45) is 11.8 Å². The third-order valence-electron chi connectivity index (χ3n) is 2.60. The lowest BCUT2D eigenvalue weighted by Crippen LogP contribution is -2.30. The molecular weight excluding hydrogens is 150 g/mol. The number of nitrogens with one attached hydrogen (secondary N) is 1. The largest absolute Gasteiger partial charge is 0.384 e. The van der Waals surface area contributed by atoms with Crippen LogP contribution in [0.4, 0.5) is 0 Å². The SMILES string of the molecule is COCC1CCNC1CC(C)C. The summed E-state index contributed by atoms with van der Waals surface area (Å²) in [5.41, 5.74) is 0. The van der Waals surface area contributed by atoms with Gasteiger partial charge in [-0.05, 0) is 31.2 Å². The lowest BCUT2D eigenvalue weighted by molar-refractivity contribution is 0.141. The summed E-state index contributed by atoms with van der Waals surface area (Å²) in [6.45, 7) is 6.66. The Bertz CT molecular complexity index is 125. The fourth-order valence-corrected chi connectivity index (χ4v) is 2.02. The fraction of sp³-hybridized carbons (Fsp3) is 1.00. The van der Waals surface area contributed by atoms with Crippen LogP contribution in [0.2, 0.25) is 0 Å². The number of rotatable bonds is 4. The van der Waals surface area contributed by atoms with Gasteiger partial charge in [0.05, 0.1) is 6.61 Å². The zero-order valence-corrected chi connectivity index (χ0v) is 8.47. The van der Waals surface area contributed by atoms with Crippen LogP contribution in [0.3, 0.4) is 0 Å². The monoisotopic (exact) mass is 171 g/mol. The molecule has 1 aliphatic rings. The standard InChI is InChI=1S/C10H21NO/c1-8(2)6-10-9(7-12-3)4-5-11-10/h8-11H,4-7H2,1-3H3. The molecule has 2 atom stereocenters. The van der Waals surface area contributed by atoms with Crippen molar-refractivity contribution in [3.8, 4) is 0 Å². The fourth-order valence-electron chi connectivity index (χ4n) is 2.02. The highest BCUT2D eigenvalue weighted by atomic mass is 16.5. The van der Waals surface area contributed by atoms with Crippen LogP contribution in [0.1, 0.15) is 26.7 Å². The minimum Gasteiger partial charge on any atom is -0.384 e. The van der Waals surface area contributed by atoms with Crippen molar-refractivity contribution >= 4 is 0 Å². The van der Waals surface area contributed by atoms with E-state index < -0.39 is 0 Å². The van der Waals surface area contributed by atoms with E-state index in [-0.39, 0.29) is 0 Å². The topological polar surface area (TPSA) is 21.3 Å². The van der Waals surface area contributed by atoms with Gasteiger partial charge in [0.15, 0.2) is 0 Å². The average molecular weight is 171 g/mol. The molecule has 1 rings (SSSR count). The van der Waals surface area contributed by atoms with Crippen LogP contribution in [-0.2, 0) is 4.74 Å². The highest BCUT2D eigenvalue weighted by Crippen LogP contribution is 2.21. The molecule has 1 fully saturated rings. The molecule has 2 unspecified atom stereocenters. The molecule has 0 amide bonds. The van der Waals surface area contributed by atoms with Crippen LogP contribution in [0.25, 0.3) is 0 Å². The van der Waals surface area contributed by atoms with Gasteiger partial charge in [0.25, 0.3) is 0 Å². The predicted molar refractivity (Wildman–Crippen MR) is 51.2 cm³/mol. The van der Waals surface area contributed by atoms with Gasteiger partial charge >= 0.3 is 0 Å². The third-order valence-corrected chi connectivity index (χ3v) is 2.60. The molecule has 0 aliphatic carbocycles. The summed E-state index contributed by atoms with van der Waals surface area (Å²) in [6, 6.07) is 0.699. The first-order valence-corrected chi connectivity index (χ1v) is 4.96. The number of methoxy groups -OCH3 is 1. The molecule has 1 heterocycles. The van der Waals surface area contributed by atoms with Crippen LogP contribution in [0.15, 0.2) is 0 Å². The number of ether oxygens (including phenoxy) is 1. The van der Waals surface area contributed by atoms with Gasteiger partial charge in [0, 0.05) is 13.2 Å². The molecule has 2 nitrogen and oxygen atoms in total. The molecule has 0 bridgehead atoms. The summed E-state index contributed by atoms with van der Waals surface area (Å²) in [4.78, 5) is 0. The first-order valence-electron chi connectivity index (χ1n) is 4.96. The van der Waals surface area contributed by atoms with E-state index in [1.165, 1.54) is 19.4 Å². The smallest absolute Gasteiger partial charge is 0.0505 e. The second-order valence-corrected chi connectivity index (χ2v) is 4.19. The summed E-state index contributed by atoms with van der Waals surface area (Å²) < 4.78 is 5.20. The maximum Gasteiger partial charge on any atom is 0.0505 e. The summed E-state index contributed by atoms with van der Waals surface area (Å²) in [7, 11) is 1.80. The Hall–Kier alpha value is -0.0800. The molecule has 12 heavy (non-hydrogen) atoms. The van der Waals surface area contributed by atoms with Gasteiger partial charge in [0.2, 0.25) is 0 Å². The minimum absolute atomic E-state index is 0.699. The first kappa shape index (κ1) is 10.0. The van der Waals surface area contributed by atoms with Crippen LogP contribution in [-0.4, -0.2) is 26.3 Å². The third kappa shape index (κ3) is 2.76. The van der Waals surface area contributed by atoms with Gasteiger partial charge < -0.3 is 10.1 Å². The van der Waals surface area contributed by atoms with Gasteiger partial charge in [-0.3, -0.25) is 0 Å². The number of hydrogen-bond donors (Lipinski definition) is 1. The van der Waals surface area contributed by atoms with Crippen molar-refractivity contribution in [2.75, 3.05) is 20.3 Å². The minimum atomic E-state index is 0.699. The van der Waals surface area contributed by atoms with Crippen LogP contribution < -0.4 is 5.32 Å². The van der Waals surface area contributed by atoms with Crippen LogP contribution in [0, 0.1) is 11.8 Å². The van der Waals surface area contributed by atoms with E-state index in [2.05, 4.69) is 19.2 Å². The van der Waals surface area contributed by atoms with Gasteiger partial charge in [-0.25, -0.2) is 0 Å².